The molecule has 1 N–H and O–H groups in total. The minimum atomic E-state index is -4.26. The lowest BCUT2D eigenvalue weighted by atomic mass is 10.1. The maximum atomic E-state index is 12.8. The molecular formula is C14H15F3N2. The van der Waals surface area contributed by atoms with Crippen molar-refractivity contribution in [2.24, 2.45) is 0 Å². The van der Waals surface area contributed by atoms with Crippen LogP contribution in [-0.2, 0) is 6.42 Å². The number of fused-ring (bicyclic) bond motifs is 1. The van der Waals surface area contributed by atoms with E-state index in [9.17, 15) is 13.2 Å². The first kappa shape index (κ1) is 13.8. The minimum absolute atomic E-state index is 0.151. The van der Waals surface area contributed by atoms with E-state index in [2.05, 4.69) is 10.3 Å². The molecule has 0 saturated carbocycles. The molecule has 0 aliphatic carbocycles. The molecular weight excluding hydrogens is 253 g/mol. The molecule has 19 heavy (non-hydrogen) atoms. The molecule has 1 unspecified atom stereocenters. The predicted molar refractivity (Wildman–Crippen MR) is 69.0 cm³/mol. The Morgan fingerprint density at radius 3 is 2.58 bits per heavy atom. The summed E-state index contributed by atoms with van der Waals surface area (Å²) in [5.74, 6) is 0. The molecule has 0 aliphatic heterocycles. The van der Waals surface area contributed by atoms with Crippen molar-refractivity contribution in [2.75, 3.05) is 6.54 Å². The molecule has 0 bridgehead atoms. The molecule has 2 nitrogen and oxygen atoms in total. The Balaban J connectivity index is 2.23. The summed E-state index contributed by atoms with van der Waals surface area (Å²) >= 11 is 0. The van der Waals surface area contributed by atoms with Crippen LogP contribution < -0.4 is 5.32 Å². The zero-order chi connectivity index (χ0) is 13.9. The Morgan fingerprint density at radius 2 is 1.89 bits per heavy atom. The quantitative estimate of drug-likeness (QED) is 0.920. The first-order valence-electron chi connectivity index (χ1n) is 6.15. The highest BCUT2D eigenvalue weighted by Crippen LogP contribution is 2.23. The maximum Gasteiger partial charge on any atom is 0.404 e. The van der Waals surface area contributed by atoms with Gasteiger partial charge in [0.1, 0.15) is 6.04 Å². The fraction of sp³-hybridized carbons (Fsp3) is 0.357. The first-order chi connectivity index (χ1) is 9.00. The molecule has 102 valence electrons. The van der Waals surface area contributed by atoms with Crippen LogP contribution in [0.25, 0.3) is 10.9 Å². The topological polar surface area (TPSA) is 24.9 Å². The number of alkyl halides is 3. The second-order valence-corrected chi connectivity index (χ2v) is 4.35. The minimum Gasteiger partial charge on any atom is -0.306 e. The van der Waals surface area contributed by atoms with Crippen LogP contribution >= 0.6 is 0 Å². The lowest BCUT2D eigenvalue weighted by molar-refractivity contribution is -0.155. The number of aromatic nitrogens is 1. The van der Waals surface area contributed by atoms with Gasteiger partial charge in [-0.15, -0.1) is 0 Å². The number of halogens is 3. The average Bonchev–Trinajstić information content (AvgIpc) is 2.37. The largest absolute Gasteiger partial charge is 0.404 e. The molecule has 0 amide bonds. The summed E-state index contributed by atoms with van der Waals surface area (Å²) in [6, 6.07) is 9.29. The molecule has 0 radical (unpaired) electrons. The van der Waals surface area contributed by atoms with E-state index in [0.29, 0.717) is 5.69 Å². The molecule has 1 aromatic carbocycles. The van der Waals surface area contributed by atoms with E-state index in [1.807, 2.05) is 18.2 Å². The van der Waals surface area contributed by atoms with E-state index in [1.165, 1.54) is 0 Å². The van der Waals surface area contributed by atoms with Crippen molar-refractivity contribution in [1.82, 2.24) is 10.3 Å². The van der Waals surface area contributed by atoms with Crippen molar-refractivity contribution in [1.29, 1.82) is 0 Å². The summed E-state index contributed by atoms with van der Waals surface area (Å²) < 4.78 is 38.4. The SMILES string of the molecule is CCNC(Cc1ccc2ccccc2n1)C(F)(F)F. The lowest BCUT2D eigenvalue weighted by Gasteiger charge is -2.20. The van der Waals surface area contributed by atoms with Gasteiger partial charge >= 0.3 is 6.18 Å². The molecule has 0 spiro atoms. The van der Waals surface area contributed by atoms with E-state index in [-0.39, 0.29) is 13.0 Å². The number of nitrogens with one attached hydrogen (secondary N) is 1. The van der Waals surface area contributed by atoms with E-state index in [1.54, 1.807) is 25.1 Å². The van der Waals surface area contributed by atoms with Crippen LogP contribution in [0.2, 0.25) is 0 Å². The van der Waals surface area contributed by atoms with Gasteiger partial charge in [0.05, 0.1) is 5.52 Å². The average molecular weight is 268 g/mol. The number of para-hydroxylation sites is 1. The van der Waals surface area contributed by atoms with Gasteiger partial charge in [-0.05, 0) is 18.7 Å². The molecule has 5 heteroatoms. The smallest absolute Gasteiger partial charge is 0.306 e. The number of hydrogen-bond acceptors (Lipinski definition) is 2. The Labute approximate surface area is 109 Å². The van der Waals surface area contributed by atoms with E-state index in [4.69, 9.17) is 0 Å². The first-order valence-corrected chi connectivity index (χ1v) is 6.15. The highest BCUT2D eigenvalue weighted by atomic mass is 19.4. The number of pyridine rings is 1. The molecule has 0 fully saturated rings. The molecule has 0 saturated heterocycles. The summed E-state index contributed by atoms with van der Waals surface area (Å²) in [6.07, 6.45) is -4.41. The number of nitrogens with zero attached hydrogens (tertiary/aromatic N) is 1. The summed E-state index contributed by atoms with van der Waals surface area (Å²) in [4.78, 5) is 4.27. The predicted octanol–water partition coefficient (Wildman–Crippen LogP) is 3.32. The molecule has 1 heterocycles. The zero-order valence-corrected chi connectivity index (χ0v) is 10.5. The third kappa shape index (κ3) is 3.44. The standard InChI is InChI=1S/C14H15F3N2/c1-2-18-13(14(15,16)17)9-11-8-7-10-5-3-4-6-12(10)19-11/h3-8,13,18H,2,9H2,1H3. The van der Waals surface area contributed by atoms with Gasteiger partial charge in [0.15, 0.2) is 0 Å². The van der Waals surface area contributed by atoms with Crippen LogP contribution in [0, 0.1) is 0 Å². The molecule has 0 aliphatic rings. The second-order valence-electron chi connectivity index (χ2n) is 4.35. The van der Waals surface area contributed by atoms with Crippen LogP contribution in [-0.4, -0.2) is 23.7 Å². The van der Waals surface area contributed by atoms with Gasteiger partial charge in [0.25, 0.3) is 0 Å². The van der Waals surface area contributed by atoms with Crippen molar-refractivity contribution in [3.05, 3.63) is 42.1 Å². The van der Waals surface area contributed by atoms with Crippen LogP contribution in [0.3, 0.4) is 0 Å². The maximum absolute atomic E-state index is 12.8. The third-order valence-corrected chi connectivity index (χ3v) is 2.91. The second kappa shape index (κ2) is 5.57. The highest BCUT2D eigenvalue weighted by molar-refractivity contribution is 5.78. The van der Waals surface area contributed by atoms with Gasteiger partial charge in [0, 0.05) is 17.5 Å². The fourth-order valence-corrected chi connectivity index (χ4v) is 1.98. The Kier molecular flexibility index (Phi) is 4.04. The van der Waals surface area contributed by atoms with Gasteiger partial charge in [0.2, 0.25) is 0 Å². The van der Waals surface area contributed by atoms with E-state index < -0.39 is 12.2 Å². The molecule has 2 rings (SSSR count). The number of rotatable bonds is 4. The van der Waals surface area contributed by atoms with E-state index >= 15 is 0 Å². The van der Waals surface area contributed by atoms with Crippen molar-refractivity contribution in [3.63, 3.8) is 0 Å². The Morgan fingerprint density at radius 1 is 1.16 bits per heavy atom. The van der Waals surface area contributed by atoms with E-state index in [0.717, 1.165) is 10.9 Å². The van der Waals surface area contributed by atoms with Crippen LogP contribution in [0.5, 0.6) is 0 Å². The van der Waals surface area contributed by atoms with Gasteiger partial charge in [-0.3, -0.25) is 4.98 Å². The summed E-state index contributed by atoms with van der Waals surface area (Å²) in [5, 5.41) is 3.38. The Hall–Kier alpha value is -1.62. The number of benzene rings is 1. The Bertz CT molecular complexity index is 552. The van der Waals surface area contributed by atoms with Crippen molar-refractivity contribution >= 4 is 10.9 Å². The van der Waals surface area contributed by atoms with Crippen LogP contribution in [0.1, 0.15) is 12.6 Å². The van der Waals surface area contributed by atoms with Gasteiger partial charge in [-0.25, -0.2) is 0 Å². The number of likely N-dealkylation sites (N-methyl/N-ethyl adjacent to an activating group) is 1. The van der Waals surface area contributed by atoms with Crippen LogP contribution in [0.4, 0.5) is 13.2 Å². The fourth-order valence-electron chi connectivity index (χ4n) is 1.98. The summed E-state index contributed by atoms with van der Waals surface area (Å²) in [5.41, 5.74) is 1.17. The lowest BCUT2D eigenvalue weighted by Crippen LogP contribution is -2.43. The molecule has 1 atom stereocenters. The third-order valence-electron chi connectivity index (χ3n) is 2.91. The summed E-state index contributed by atoms with van der Waals surface area (Å²) in [6.45, 7) is 1.93. The van der Waals surface area contributed by atoms with Crippen LogP contribution in [0.15, 0.2) is 36.4 Å². The summed E-state index contributed by atoms with van der Waals surface area (Å²) in [7, 11) is 0. The van der Waals surface area contributed by atoms with Gasteiger partial charge in [-0.1, -0.05) is 31.2 Å². The van der Waals surface area contributed by atoms with Crippen molar-refractivity contribution < 1.29 is 13.2 Å². The van der Waals surface area contributed by atoms with Gasteiger partial charge in [-0.2, -0.15) is 13.2 Å². The highest BCUT2D eigenvalue weighted by Gasteiger charge is 2.39. The monoisotopic (exact) mass is 268 g/mol. The van der Waals surface area contributed by atoms with Crippen molar-refractivity contribution in [3.8, 4) is 0 Å². The zero-order valence-electron chi connectivity index (χ0n) is 10.5. The van der Waals surface area contributed by atoms with Gasteiger partial charge < -0.3 is 5.32 Å². The molecule has 2 aromatic rings. The molecule has 1 aromatic heterocycles. The number of hydrogen-bond donors (Lipinski definition) is 1. The normalized spacial score (nSPS) is 13.7. The van der Waals surface area contributed by atoms with Crippen molar-refractivity contribution in [2.45, 2.75) is 25.6 Å².